The van der Waals surface area contributed by atoms with Gasteiger partial charge in [-0.05, 0) is 30.7 Å². The minimum absolute atomic E-state index is 0.115. The van der Waals surface area contributed by atoms with Crippen LogP contribution in [0, 0.1) is 5.82 Å². The van der Waals surface area contributed by atoms with E-state index in [2.05, 4.69) is 10.3 Å². The van der Waals surface area contributed by atoms with Gasteiger partial charge < -0.3 is 14.6 Å². The van der Waals surface area contributed by atoms with Gasteiger partial charge in [0.25, 0.3) is 5.91 Å². The fourth-order valence-electron chi connectivity index (χ4n) is 2.40. The van der Waals surface area contributed by atoms with Gasteiger partial charge in [-0.1, -0.05) is 24.7 Å². The molecule has 3 rings (SSSR count). The van der Waals surface area contributed by atoms with Crippen molar-refractivity contribution in [2.45, 2.75) is 19.8 Å². The van der Waals surface area contributed by atoms with Crippen LogP contribution in [0.2, 0.25) is 0 Å². The van der Waals surface area contributed by atoms with Gasteiger partial charge in [0.1, 0.15) is 16.4 Å². The average Bonchev–Trinajstić information content (AvgIpc) is 3.26. The number of ether oxygens (including phenoxy) is 1. The molecule has 1 aromatic carbocycles. The van der Waals surface area contributed by atoms with E-state index in [0.717, 1.165) is 12.1 Å². The number of carbonyl (C=O) groups excluding carboxylic acids is 1. The Morgan fingerprint density at radius 3 is 2.76 bits per heavy atom. The summed E-state index contributed by atoms with van der Waals surface area (Å²) in [5, 5.41) is 3.34. The lowest BCUT2D eigenvalue weighted by Gasteiger charge is -2.07. The third kappa shape index (κ3) is 3.71. The quantitative estimate of drug-likeness (QED) is 0.714. The van der Waals surface area contributed by atoms with E-state index in [4.69, 9.17) is 4.74 Å². The van der Waals surface area contributed by atoms with Crippen molar-refractivity contribution < 1.29 is 13.9 Å². The molecule has 0 aliphatic heterocycles. The molecule has 0 aliphatic rings. The monoisotopic (exact) mass is 359 g/mol. The van der Waals surface area contributed by atoms with Gasteiger partial charge in [-0.25, -0.2) is 9.37 Å². The van der Waals surface area contributed by atoms with E-state index in [9.17, 15) is 9.18 Å². The van der Waals surface area contributed by atoms with Crippen LogP contribution < -0.4 is 10.1 Å². The van der Waals surface area contributed by atoms with E-state index >= 15 is 0 Å². The van der Waals surface area contributed by atoms with Crippen molar-refractivity contribution >= 4 is 22.9 Å². The summed E-state index contributed by atoms with van der Waals surface area (Å²) in [6, 6.07) is 8.12. The van der Waals surface area contributed by atoms with Crippen molar-refractivity contribution in [2.24, 2.45) is 0 Å². The largest absolute Gasteiger partial charge is 0.497 e. The van der Waals surface area contributed by atoms with E-state index in [0.29, 0.717) is 22.2 Å². The first-order valence-electron chi connectivity index (χ1n) is 7.90. The van der Waals surface area contributed by atoms with Crippen molar-refractivity contribution in [3.8, 4) is 10.9 Å². The Balaban J connectivity index is 1.88. The lowest BCUT2D eigenvalue weighted by Crippen LogP contribution is -2.13. The van der Waals surface area contributed by atoms with E-state index in [-0.39, 0.29) is 11.6 Å². The Morgan fingerprint density at radius 2 is 2.12 bits per heavy atom. The third-order valence-corrected chi connectivity index (χ3v) is 4.74. The Hall–Kier alpha value is -2.67. The number of methoxy groups -OCH3 is 1. The highest BCUT2D eigenvalue weighted by Gasteiger charge is 2.19. The molecule has 0 bridgehead atoms. The molecular formula is C18H18FN3O2S. The third-order valence-electron chi connectivity index (χ3n) is 3.63. The fraction of sp³-hybridized carbons (Fsp3) is 0.222. The number of hydrogen-bond acceptors (Lipinski definition) is 4. The predicted molar refractivity (Wildman–Crippen MR) is 96.3 cm³/mol. The number of anilines is 1. The summed E-state index contributed by atoms with van der Waals surface area (Å²) >= 11 is 1.29. The van der Waals surface area contributed by atoms with Crippen LogP contribution >= 0.6 is 11.3 Å². The van der Waals surface area contributed by atoms with Gasteiger partial charge in [-0.3, -0.25) is 4.79 Å². The number of nitrogens with one attached hydrogen (secondary N) is 1. The zero-order valence-electron chi connectivity index (χ0n) is 14.0. The molecule has 0 saturated heterocycles. The second-order valence-electron chi connectivity index (χ2n) is 5.41. The highest BCUT2D eigenvalue weighted by Crippen LogP contribution is 2.26. The van der Waals surface area contributed by atoms with Gasteiger partial charge in [0.15, 0.2) is 5.13 Å². The van der Waals surface area contributed by atoms with Crippen LogP contribution in [0.15, 0.2) is 42.7 Å². The molecule has 1 amide bonds. The molecular weight excluding hydrogens is 341 g/mol. The standard InChI is InChI=1S/C18H18FN3O2S/c1-3-6-15-16(25-18(21-15)22-9-4-5-10-22)17(23)20-14-8-7-12(24-2)11-13(14)19/h4-5,7-11H,3,6H2,1-2H3,(H,20,23). The normalized spacial score (nSPS) is 10.7. The summed E-state index contributed by atoms with van der Waals surface area (Å²) in [6.07, 6.45) is 5.30. The molecule has 2 aromatic heterocycles. The molecule has 2 heterocycles. The molecule has 0 atom stereocenters. The summed E-state index contributed by atoms with van der Waals surface area (Å²) < 4.78 is 20.9. The molecule has 0 spiro atoms. The Labute approximate surface area is 149 Å². The maximum atomic E-state index is 14.1. The van der Waals surface area contributed by atoms with E-state index in [1.165, 1.54) is 30.6 Å². The van der Waals surface area contributed by atoms with Crippen molar-refractivity contribution in [1.29, 1.82) is 0 Å². The number of rotatable bonds is 6. The Bertz CT molecular complexity index is 875. The maximum absolute atomic E-state index is 14.1. The number of hydrogen-bond donors (Lipinski definition) is 1. The van der Waals surface area contributed by atoms with Crippen molar-refractivity contribution in [1.82, 2.24) is 9.55 Å². The minimum atomic E-state index is -0.542. The van der Waals surface area contributed by atoms with Gasteiger partial charge >= 0.3 is 0 Å². The molecule has 1 N–H and O–H groups in total. The van der Waals surface area contributed by atoms with Crippen molar-refractivity contribution in [2.75, 3.05) is 12.4 Å². The summed E-state index contributed by atoms with van der Waals surface area (Å²) in [5.41, 5.74) is 0.840. The van der Waals surface area contributed by atoms with E-state index < -0.39 is 5.82 Å². The van der Waals surface area contributed by atoms with E-state index in [1.807, 2.05) is 36.0 Å². The van der Waals surface area contributed by atoms with Crippen LogP contribution in [0.1, 0.15) is 28.7 Å². The molecule has 0 fully saturated rings. The number of halogens is 1. The molecule has 0 unspecified atom stereocenters. The second kappa shape index (κ2) is 7.48. The van der Waals surface area contributed by atoms with Crippen LogP contribution in [0.25, 0.3) is 5.13 Å². The minimum Gasteiger partial charge on any atom is -0.497 e. The smallest absolute Gasteiger partial charge is 0.267 e. The first-order valence-corrected chi connectivity index (χ1v) is 8.72. The van der Waals surface area contributed by atoms with E-state index in [1.54, 1.807) is 6.07 Å². The number of amides is 1. The van der Waals surface area contributed by atoms with Gasteiger partial charge in [0.05, 0.1) is 18.5 Å². The molecule has 5 nitrogen and oxygen atoms in total. The number of benzene rings is 1. The van der Waals surface area contributed by atoms with Crippen LogP contribution in [0.4, 0.5) is 10.1 Å². The van der Waals surface area contributed by atoms with Gasteiger partial charge in [-0.2, -0.15) is 0 Å². The molecule has 25 heavy (non-hydrogen) atoms. The van der Waals surface area contributed by atoms with Crippen molar-refractivity contribution in [3.63, 3.8) is 0 Å². The van der Waals surface area contributed by atoms with Gasteiger partial charge in [0, 0.05) is 18.5 Å². The van der Waals surface area contributed by atoms with Crippen LogP contribution in [-0.4, -0.2) is 22.6 Å². The lowest BCUT2D eigenvalue weighted by atomic mass is 10.2. The van der Waals surface area contributed by atoms with Crippen LogP contribution in [0.5, 0.6) is 5.75 Å². The van der Waals surface area contributed by atoms with Gasteiger partial charge in [-0.15, -0.1) is 0 Å². The number of nitrogens with zero attached hydrogens (tertiary/aromatic N) is 2. The molecule has 0 radical (unpaired) electrons. The summed E-state index contributed by atoms with van der Waals surface area (Å²) in [7, 11) is 1.46. The maximum Gasteiger partial charge on any atom is 0.267 e. The average molecular weight is 359 g/mol. The molecule has 0 aliphatic carbocycles. The number of thiazole rings is 1. The molecule has 3 aromatic rings. The zero-order chi connectivity index (χ0) is 17.8. The number of aryl methyl sites for hydroxylation is 1. The Kier molecular flexibility index (Phi) is 5.14. The summed E-state index contributed by atoms with van der Waals surface area (Å²) in [5.74, 6) is -0.502. The SMILES string of the molecule is CCCc1nc(-n2cccc2)sc1C(=O)Nc1ccc(OC)cc1F. The predicted octanol–water partition coefficient (Wildman–Crippen LogP) is 4.29. The fourth-order valence-corrected chi connectivity index (χ4v) is 3.37. The molecule has 0 saturated carbocycles. The highest BCUT2D eigenvalue weighted by molar-refractivity contribution is 7.16. The topological polar surface area (TPSA) is 56.2 Å². The first-order chi connectivity index (χ1) is 12.1. The highest BCUT2D eigenvalue weighted by atomic mass is 32.1. The molecule has 7 heteroatoms. The molecule has 130 valence electrons. The first kappa shape index (κ1) is 17.2. The number of aromatic nitrogens is 2. The Morgan fingerprint density at radius 1 is 1.36 bits per heavy atom. The second-order valence-corrected chi connectivity index (χ2v) is 6.39. The van der Waals surface area contributed by atoms with Gasteiger partial charge in [0.2, 0.25) is 0 Å². The van der Waals surface area contributed by atoms with Crippen LogP contribution in [0.3, 0.4) is 0 Å². The zero-order valence-corrected chi connectivity index (χ0v) is 14.8. The van der Waals surface area contributed by atoms with Crippen molar-refractivity contribution in [3.05, 3.63) is 59.1 Å². The summed E-state index contributed by atoms with van der Waals surface area (Å²) in [4.78, 5) is 17.7. The lowest BCUT2D eigenvalue weighted by molar-refractivity contribution is 0.102. The number of carbonyl (C=O) groups is 1. The van der Waals surface area contributed by atoms with Crippen LogP contribution in [-0.2, 0) is 6.42 Å². The summed E-state index contributed by atoms with van der Waals surface area (Å²) in [6.45, 7) is 2.03.